The Bertz CT molecular complexity index is 520. The summed E-state index contributed by atoms with van der Waals surface area (Å²) in [5.74, 6) is -0.720. The van der Waals surface area contributed by atoms with Crippen LogP contribution in [-0.4, -0.2) is 17.6 Å². The van der Waals surface area contributed by atoms with Crippen molar-refractivity contribution < 1.29 is 14.4 Å². The Kier molecular flexibility index (Phi) is 3.28. The minimum Gasteiger partial charge on any atom is -0.294 e. The van der Waals surface area contributed by atoms with Crippen LogP contribution in [0.15, 0.2) is 18.2 Å². The molecular weight excluding hydrogens is 230 g/mol. The highest BCUT2D eigenvalue weighted by Gasteiger charge is 2.26. The highest BCUT2D eigenvalue weighted by molar-refractivity contribution is 6.17. The molecule has 0 radical (unpaired) electrons. The third-order valence-electron chi connectivity index (χ3n) is 3.13. The summed E-state index contributed by atoms with van der Waals surface area (Å²) in [7, 11) is 0. The molecule has 0 heterocycles. The van der Waals surface area contributed by atoms with Crippen LogP contribution in [0.5, 0.6) is 0 Å². The van der Waals surface area contributed by atoms with Crippen molar-refractivity contribution in [1.29, 1.82) is 0 Å². The number of benzene rings is 1. The predicted molar refractivity (Wildman–Crippen MR) is 67.6 cm³/mol. The zero-order valence-electron chi connectivity index (χ0n) is 10.5. The SMILES string of the molecule is CC(=O)N(C(C)=O)c1cccc2c1C(=O)CCC2. The first-order valence-electron chi connectivity index (χ1n) is 5.98. The van der Waals surface area contributed by atoms with E-state index in [-0.39, 0.29) is 17.6 Å². The van der Waals surface area contributed by atoms with Crippen LogP contribution >= 0.6 is 0 Å². The maximum atomic E-state index is 12.0. The second kappa shape index (κ2) is 4.72. The lowest BCUT2D eigenvalue weighted by atomic mass is 9.89. The number of ketones is 1. The highest BCUT2D eigenvalue weighted by Crippen LogP contribution is 2.30. The average Bonchev–Trinajstić information content (AvgIpc) is 2.28. The number of rotatable bonds is 1. The maximum absolute atomic E-state index is 12.0. The number of fused-ring (bicyclic) bond motifs is 1. The van der Waals surface area contributed by atoms with E-state index in [2.05, 4.69) is 0 Å². The molecule has 2 rings (SSSR count). The molecule has 1 aliphatic carbocycles. The lowest BCUT2D eigenvalue weighted by molar-refractivity contribution is -0.124. The number of hydrogen-bond acceptors (Lipinski definition) is 3. The van der Waals surface area contributed by atoms with E-state index in [1.54, 1.807) is 12.1 Å². The molecule has 0 aliphatic heterocycles. The van der Waals surface area contributed by atoms with E-state index >= 15 is 0 Å². The van der Waals surface area contributed by atoms with Gasteiger partial charge in [-0.15, -0.1) is 0 Å². The molecule has 0 spiro atoms. The Balaban J connectivity index is 2.60. The summed E-state index contributed by atoms with van der Waals surface area (Å²) in [4.78, 5) is 36.2. The fourth-order valence-electron chi connectivity index (χ4n) is 2.43. The smallest absolute Gasteiger partial charge is 0.230 e. The summed E-state index contributed by atoms with van der Waals surface area (Å²) in [6, 6.07) is 5.32. The number of imide groups is 1. The predicted octanol–water partition coefficient (Wildman–Crippen LogP) is 2.11. The first-order valence-corrected chi connectivity index (χ1v) is 5.98. The van der Waals surface area contributed by atoms with E-state index in [0.717, 1.165) is 23.3 Å². The minimum atomic E-state index is -0.366. The van der Waals surface area contributed by atoms with Gasteiger partial charge in [0.2, 0.25) is 11.8 Å². The van der Waals surface area contributed by atoms with Crippen LogP contribution in [0.1, 0.15) is 42.6 Å². The third kappa shape index (κ3) is 2.06. The molecule has 1 aromatic carbocycles. The van der Waals surface area contributed by atoms with E-state index in [4.69, 9.17) is 0 Å². The molecule has 2 amide bonds. The molecular formula is C14H15NO3. The van der Waals surface area contributed by atoms with Crippen LogP contribution in [0, 0.1) is 0 Å². The number of carbonyl (C=O) groups excluding carboxylic acids is 3. The topological polar surface area (TPSA) is 54.5 Å². The van der Waals surface area contributed by atoms with Crippen molar-refractivity contribution in [3.05, 3.63) is 29.3 Å². The van der Waals surface area contributed by atoms with Gasteiger partial charge in [-0.2, -0.15) is 0 Å². The Morgan fingerprint density at radius 1 is 1.11 bits per heavy atom. The Labute approximate surface area is 106 Å². The first kappa shape index (κ1) is 12.5. The fraction of sp³-hybridized carbons (Fsp3) is 0.357. The highest BCUT2D eigenvalue weighted by atomic mass is 16.2. The van der Waals surface area contributed by atoms with E-state index < -0.39 is 0 Å². The number of anilines is 1. The maximum Gasteiger partial charge on any atom is 0.230 e. The van der Waals surface area contributed by atoms with Crippen LogP contribution in [0.4, 0.5) is 5.69 Å². The molecule has 0 saturated heterocycles. The number of carbonyl (C=O) groups is 3. The summed E-state index contributed by atoms with van der Waals surface area (Å²) < 4.78 is 0. The Hall–Kier alpha value is -1.97. The van der Waals surface area contributed by atoms with Gasteiger partial charge in [-0.3, -0.25) is 19.3 Å². The number of nitrogens with zero attached hydrogens (tertiary/aromatic N) is 1. The molecule has 0 bridgehead atoms. The van der Waals surface area contributed by atoms with Gasteiger partial charge in [-0.25, -0.2) is 0 Å². The second-order valence-corrected chi connectivity index (χ2v) is 4.46. The van der Waals surface area contributed by atoms with Gasteiger partial charge in [0.1, 0.15) is 0 Å². The Morgan fingerprint density at radius 3 is 2.39 bits per heavy atom. The Morgan fingerprint density at radius 2 is 1.78 bits per heavy atom. The van der Waals surface area contributed by atoms with Gasteiger partial charge < -0.3 is 0 Å². The summed E-state index contributed by atoms with van der Waals surface area (Å²) >= 11 is 0. The summed E-state index contributed by atoms with van der Waals surface area (Å²) in [5.41, 5.74) is 1.89. The van der Waals surface area contributed by atoms with Crippen molar-refractivity contribution in [1.82, 2.24) is 0 Å². The monoisotopic (exact) mass is 245 g/mol. The van der Waals surface area contributed by atoms with Crippen molar-refractivity contribution in [2.75, 3.05) is 4.90 Å². The standard InChI is InChI=1S/C14H15NO3/c1-9(16)15(10(2)17)12-7-3-5-11-6-4-8-13(18)14(11)12/h3,5,7H,4,6,8H2,1-2H3. The first-order chi connectivity index (χ1) is 8.52. The van der Waals surface area contributed by atoms with Gasteiger partial charge in [-0.05, 0) is 24.5 Å². The molecule has 0 saturated carbocycles. The van der Waals surface area contributed by atoms with E-state index in [1.807, 2.05) is 6.07 Å². The minimum absolute atomic E-state index is 0.0133. The zero-order valence-corrected chi connectivity index (χ0v) is 10.5. The van der Waals surface area contributed by atoms with E-state index in [9.17, 15) is 14.4 Å². The van der Waals surface area contributed by atoms with Gasteiger partial charge in [0.25, 0.3) is 0 Å². The molecule has 4 heteroatoms. The average molecular weight is 245 g/mol. The summed E-state index contributed by atoms with van der Waals surface area (Å²) in [6.45, 7) is 2.65. The van der Waals surface area contributed by atoms with Crippen LogP contribution in [0.25, 0.3) is 0 Å². The lowest BCUT2D eigenvalue weighted by Crippen LogP contribution is -2.35. The van der Waals surface area contributed by atoms with Crippen molar-refractivity contribution in [3.8, 4) is 0 Å². The number of Topliss-reactive ketones (excluding diaryl/α,β-unsaturated/α-hetero) is 1. The largest absolute Gasteiger partial charge is 0.294 e. The number of aryl methyl sites for hydroxylation is 1. The molecule has 0 unspecified atom stereocenters. The molecule has 0 fully saturated rings. The van der Waals surface area contributed by atoms with Crippen molar-refractivity contribution >= 4 is 23.3 Å². The lowest BCUT2D eigenvalue weighted by Gasteiger charge is -2.24. The molecule has 4 nitrogen and oxygen atoms in total. The number of hydrogen-bond donors (Lipinski definition) is 0. The fourth-order valence-corrected chi connectivity index (χ4v) is 2.43. The molecule has 0 atom stereocenters. The molecule has 1 aliphatic rings. The zero-order chi connectivity index (χ0) is 13.3. The molecule has 94 valence electrons. The summed E-state index contributed by atoms with van der Waals surface area (Å²) in [6.07, 6.45) is 2.13. The quantitative estimate of drug-likeness (QED) is 0.761. The van der Waals surface area contributed by atoms with Crippen LogP contribution in [0.2, 0.25) is 0 Å². The van der Waals surface area contributed by atoms with Crippen LogP contribution in [0.3, 0.4) is 0 Å². The molecule has 1 aromatic rings. The molecule has 0 aromatic heterocycles. The van der Waals surface area contributed by atoms with Gasteiger partial charge in [0, 0.05) is 25.8 Å². The van der Waals surface area contributed by atoms with Crippen molar-refractivity contribution in [3.63, 3.8) is 0 Å². The van der Waals surface area contributed by atoms with Gasteiger partial charge >= 0.3 is 0 Å². The van der Waals surface area contributed by atoms with Crippen LogP contribution < -0.4 is 4.90 Å². The normalized spacial score (nSPS) is 14.0. The van der Waals surface area contributed by atoms with Gasteiger partial charge in [-0.1, -0.05) is 12.1 Å². The van der Waals surface area contributed by atoms with Gasteiger partial charge in [0.05, 0.1) is 5.69 Å². The molecule has 18 heavy (non-hydrogen) atoms. The molecule has 0 N–H and O–H groups in total. The van der Waals surface area contributed by atoms with E-state index in [1.165, 1.54) is 13.8 Å². The number of amides is 2. The van der Waals surface area contributed by atoms with Gasteiger partial charge in [0.15, 0.2) is 5.78 Å². The summed E-state index contributed by atoms with van der Waals surface area (Å²) in [5, 5.41) is 0. The van der Waals surface area contributed by atoms with E-state index in [0.29, 0.717) is 17.7 Å². The van der Waals surface area contributed by atoms with Crippen molar-refractivity contribution in [2.24, 2.45) is 0 Å². The van der Waals surface area contributed by atoms with Crippen LogP contribution in [-0.2, 0) is 16.0 Å². The third-order valence-corrected chi connectivity index (χ3v) is 3.13. The van der Waals surface area contributed by atoms with Crippen molar-refractivity contribution in [2.45, 2.75) is 33.1 Å². The second-order valence-electron chi connectivity index (χ2n) is 4.46.